The summed E-state index contributed by atoms with van der Waals surface area (Å²) in [6.45, 7) is 9.12. The molecular formula is C18H21F3N2O5. The second-order valence-electron chi connectivity index (χ2n) is 7.74. The summed E-state index contributed by atoms with van der Waals surface area (Å²) in [5.74, 6) is 0. The molecule has 0 aliphatic rings. The van der Waals surface area contributed by atoms with E-state index in [-0.39, 0.29) is 0 Å². The Morgan fingerprint density at radius 1 is 0.929 bits per heavy atom. The van der Waals surface area contributed by atoms with Crippen molar-refractivity contribution >= 4 is 29.6 Å². The minimum absolute atomic E-state index is 0.315. The van der Waals surface area contributed by atoms with Crippen molar-refractivity contribution in [3.63, 3.8) is 0 Å². The summed E-state index contributed by atoms with van der Waals surface area (Å²) in [5.41, 5.74) is -4.27. The molecule has 154 valence electrons. The van der Waals surface area contributed by atoms with E-state index in [1.54, 1.807) is 0 Å². The number of imide groups is 1. The van der Waals surface area contributed by atoms with Gasteiger partial charge in [-0.1, -0.05) is 0 Å². The van der Waals surface area contributed by atoms with Gasteiger partial charge in [-0.2, -0.15) is 23.1 Å². The maximum atomic E-state index is 13.2. The number of aliphatic imine (C=N–C) groups is 1. The van der Waals surface area contributed by atoms with Gasteiger partial charge in [-0.05, 0) is 59.7 Å². The van der Waals surface area contributed by atoms with Gasteiger partial charge in [0.1, 0.15) is 11.2 Å². The third kappa shape index (κ3) is 7.03. The standard InChI is InChI=1S/C18H21F3N2O5/c1-16(2,3)27-14(25)23(15(26)28-17(4,5)6)13-8-11(18(19,20)21)7-12(9-13)22-10-24/h7-9H,1-6H3. The van der Waals surface area contributed by atoms with E-state index < -0.39 is 46.5 Å². The molecule has 0 spiro atoms. The van der Waals surface area contributed by atoms with Gasteiger partial charge in [0.25, 0.3) is 0 Å². The van der Waals surface area contributed by atoms with Gasteiger partial charge >= 0.3 is 18.4 Å². The molecule has 0 atom stereocenters. The molecule has 10 heteroatoms. The van der Waals surface area contributed by atoms with Crippen LogP contribution in [0.4, 0.5) is 34.1 Å². The topological polar surface area (TPSA) is 85.3 Å². The third-order valence-electron chi connectivity index (χ3n) is 2.81. The number of rotatable bonds is 2. The van der Waals surface area contributed by atoms with Crippen LogP contribution in [-0.2, 0) is 20.4 Å². The summed E-state index contributed by atoms with van der Waals surface area (Å²) < 4.78 is 49.8. The molecule has 0 aliphatic carbocycles. The number of hydrogen-bond donors (Lipinski definition) is 0. The lowest BCUT2D eigenvalue weighted by Crippen LogP contribution is -2.43. The lowest BCUT2D eigenvalue weighted by atomic mass is 10.1. The zero-order chi connectivity index (χ0) is 21.9. The monoisotopic (exact) mass is 402 g/mol. The molecule has 0 aliphatic heterocycles. The minimum atomic E-state index is -4.82. The highest BCUT2D eigenvalue weighted by molar-refractivity contribution is 6.09. The van der Waals surface area contributed by atoms with Gasteiger partial charge in [0, 0.05) is 0 Å². The Hall–Kier alpha value is -2.87. The summed E-state index contributed by atoms with van der Waals surface area (Å²) >= 11 is 0. The van der Waals surface area contributed by atoms with Crippen LogP contribution in [0, 0.1) is 0 Å². The number of hydrogen-bond acceptors (Lipinski definition) is 6. The van der Waals surface area contributed by atoms with E-state index in [0.717, 1.165) is 12.1 Å². The number of isocyanates is 1. The van der Waals surface area contributed by atoms with Crippen molar-refractivity contribution in [1.29, 1.82) is 0 Å². The SMILES string of the molecule is CC(C)(C)OC(=O)N(C(=O)OC(C)(C)C)c1cc(N=C=O)cc(C(F)(F)F)c1. The third-order valence-corrected chi connectivity index (χ3v) is 2.81. The van der Waals surface area contributed by atoms with Gasteiger partial charge in [-0.15, -0.1) is 0 Å². The first-order valence-electron chi connectivity index (χ1n) is 8.10. The fraction of sp³-hybridized carbons (Fsp3) is 0.500. The van der Waals surface area contributed by atoms with Crippen LogP contribution in [0.25, 0.3) is 0 Å². The normalized spacial score (nSPS) is 12.0. The highest BCUT2D eigenvalue weighted by atomic mass is 19.4. The Kier molecular flexibility index (Phi) is 6.63. The summed E-state index contributed by atoms with van der Waals surface area (Å²) in [5, 5.41) is 0. The van der Waals surface area contributed by atoms with Gasteiger partial charge < -0.3 is 9.47 Å². The molecule has 0 fully saturated rings. The zero-order valence-electron chi connectivity index (χ0n) is 16.3. The van der Waals surface area contributed by atoms with Gasteiger partial charge in [-0.3, -0.25) is 0 Å². The molecule has 0 saturated heterocycles. The van der Waals surface area contributed by atoms with Crippen molar-refractivity contribution < 1.29 is 37.0 Å². The molecule has 0 heterocycles. The minimum Gasteiger partial charge on any atom is -0.443 e. The molecule has 1 aromatic rings. The Bertz CT molecular complexity index is 773. The molecule has 0 bridgehead atoms. The quantitative estimate of drug-likeness (QED) is 0.492. The Morgan fingerprint density at radius 3 is 1.75 bits per heavy atom. The Morgan fingerprint density at radius 2 is 1.39 bits per heavy atom. The molecule has 1 aromatic carbocycles. The van der Waals surface area contributed by atoms with Crippen molar-refractivity contribution in [2.75, 3.05) is 4.90 Å². The van der Waals surface area contributed by atoms with E-state index in [2.05, 4.69) is 4.99 Å². The maximum absolute atomic E-state index is 13.2. The molecule has 28 heavy (non-hydrogen) atoms. The smallest absolute Gasteiger partial charge is 0.424 e. The predicted molar refractivity (Wildman–Crippen MR) is 94.2 cm³/mol. The molecule has 1 rings (SSSR count). The van der Waals surface area contributed by atoms with E-state index in [1.165, 1.54) is 41.5 Å². The number of anilines is 1. The molecule has 0 unspecified atom stereocenters. The second-order valence-corrected chi connectivity index (χ2v) is 7.74. The van der Waals surface area contributed by atoms with Crippen LogP contribution in [-0.4, -0.2) is 29.5 Å². The number of benzene rings is 1. The molecule has 7 nitrogen and oxygen atoms in total. The molecule has 0 saturated carbocycles. The van der Waals surface area contributed by atoms with Crippen LogP contribution in [0.3, 0.4) is 0 Å². The second kappa shape index (κ2) is 8.02. The number of alkyl halides is 3. The highest BCUT2D eigenvalue weighted by Crippen LogP contribution is 2.36. The molecule has 0 radical (unpaired) electrons. The van der Waals surface area contributed by atoms with Crippen molar-refractivity contribution in [3.8, 4) is 0 Å². The lowest BCUT2D eigenvalue weighted by Gasteiger charge is -2.29. The van der Waals surface area contributed by atoms with Crippen LogP contribution in [0.15, 0.2) is 23.2 Å². The van der Waals surface area contributed by atoms with Gasteiger partial charge in [-0.25, -0.2) is 14.4 Å². The first-order chi connectivity index (χ1) is 12.5. The number of amides is 2. The highest BCUT2D eigenvalue weighted by Gasteiger charge is 2.36. The van der Waals surface area contributed by atoms with Crippen LogP contribution < -0.4 is 4.90 Å². The van der Waals surface area contributed by atoms with Crippen LogP contribution in [0.2, 0.25) is 0 Å². The molecule has 0 N–H and O–H groups in total. The van der Waals surface area contributed by atoms with Crippen LogP contribution in [0.1, 0.15) is 47.1 Å². The van der Waals surface area contributed by atoms with E-state index >= 15 is 0 Å². The summed E-state index contributed by atoms with van der Waals surface area (Å²) in [7, 11) is 0. The molecule has 2 amide bonds. The number of nitrogens with zero attached hydrogens (tertiary/aromatic N) is 2. The van der Waals surface area contributed by atoms with E-state index in [9.17, 15) is 27.6 Å². The summed E-state index contributed by atoms with van der Waals surface area (Å²) in [4.78, 5) is 39.0. The molecule has 0 aromatic heterocycles. The van der Waals surface area contributed by atoms with E-state index in [1.807, 2.05) is 0 Å². The molecular weight excluding hydrogens is 381 g/mol. The Balaban J connectivity index is 3.59. The van der Waals surface area contributed by atoms with E-state index in [0.29, 0.717) is 17.0 Å². The predicted octanol–water partition coefficient (Wildman–Crippen LogP) is 5.35. The fourth-order valence-electron chi connectivity index (χ4n) is 1.91. The summed E-state index contributed by atoms with van der Waals surface area (Å²) in [6, 6.07) is 2.07. The average Bonchev–Trinajstić information content (AvgIpc) is 2.42. The number of carbonyl (C=O) groups is 2. The van der Waals surface area contributed by atoms with Crippen molar-refractivity contribution in [3.05, 3.63) is 23.8 Å². The number of halogens is 3. The average molecular weight is 402 g/mol. The number of ether oxygens (including phenoxy) is 2. The lowest BCUT2D eigenvalue weighted by molar-refractivity contribution is -0.137. The fourth-order valence-corrected chi connectivity index (χ4v) is 1.91. The van der Waals surface area contributed by atoms with E-state index in [4.69, 9.17) is 9.47 Å². The van der Waals surface area contributed by atoms with Gasteiger partial charge in [0.15, 0.2) is 0 Å². The van der Waals surface area contributed by atoms with Crippen LogP contribution in [0.5, 0.6) is 0 Å². The maximum Gasteiger partial charge on any atom is 0.424 e. The van der Waals surface area contributed by atoms with Gasteiger partial charge in [0.05, 0.1) is 16.9 Å². The largest absolute Gasteiger partial charge is 0.443 e. The van der Waals surface area contributed by atoms with Crippen molar-refractivity contribution in [2.24, 2.45) is 4.99 Å². The van der Waals surface area contributed by atoms with Crippen LogP contribution >= 0.6 is 0 Å². The first kappa shape index (κ1) is 23.2. The summed E-state index contributed by atoms with van der Waals surface area (Å²) in [6.07, 6.45) is -6.20. The van der Waals surface area contributed by atoms with Gasteiger partial charge in [0.2, 0.25) is 6.08 Å². The zero-order valence-corrected chi connectivity index (χ0v) is 16.3. The Labute approximate surface area is 160 Å². The van der Waals surface area contributed by atoms with Crippen molar-refractivity contribution in [1.82, 2.24) is 0 Å². The number of carbonyl (C=O) groups excluding carboxylic acids is 3. The van der Waals surface area contributed by atoms with Crippen molar-refractivity contribution in [2.45, 2.75) is 58.9 Å². The first-order valence-corrected chi connectivity index (χ1v) is 8.10.